The number of carbonyl (C=O) groups is 4. The molecule has 4 amide bonds. The smallest absolute Gasteiger partial charge is 0.410 e. The molecule has 2 aromatic carbocycles. The number of nitrogens with one attached hydrogen (secondary N) is 4. The lowest BCUT2D eigenvalue weighted by atomic mass is 10.1. The summed E-state index contributed by atoms with van der Waals surface area (Å²) in [5.41, 5.74) is 0.863. The first kappa shape index (κ1) is 41.8. The van der Waals surface area contributed by atoms with Gasteiger partial charge in [-0.2, -0.15) is 26.3 Å². The molecule has 0 fully saturated rings. The number of amides is 4. The van der Waals surface area contributed by atoms with Crippen molar-refractivity contribution in [2.45, 2.75) is 88.9 Å². The first-order valence-corrected chi connectivity index (χ1v) is 18.4. The van der Waals surface area contributed by atoms with Gasteiger partial charge in [0.15, 0.2) is 11.6 Å². The Bertz CT molecular complexity index is 2200. The molecule has 60 heavy (non-hydrogen) atoms. The van der Waals surface area contributed by atoms with Gasteiger partial charge in [0.2, 0.25) is 11.6 Å². The fourth-order valence-electron chi connectivity index (χ4n) is 6.97. The lowest BCUT2D eigenvalue weighted by Gasteiger charge is -2.25. The van der Waals surface area contributed by atoms with Crippen LogP contribution in [-0.2, 0) is 22.4 Å². The Kier molecular flexibility index (Phi) is 11.1. The van der Waals surface area contributed by atoms with E-state index in [0.29, 0.717) is 11.1 Å². The van der Waals surface area contributed by atoms with Gasteiger partial charge in [-0.05, 0) is 74.9 Å². The van der Waals surface area contributed by atoms with Crippen LogP contribution in [0.25, 0.3) is 0 Å². The van der Waals surface area contributed by atoms with Crippen LogP contribution in [0.3, 0.4) is 0 Å². The number of fused-ring (bicyclic) bond motifs is 4. The third kappa shape index (κ3) is 8.66. The lowest BCUT2D eigenvalue weighted by molar-refractivity contribution is -0.175. The highest BCUT2D eigenvalue weighted by Gasteiger charge is 2.46. The Labute approximate surface area is 333 Å². The largest absolute Gasteiger partial charge is 0.489 e. The SMILES string of the molecule is Cc1cc(F)c2c(c1)OC[C@H](NC(=O)c1nc3n(n1)[C@@H](C(F)(F)F)CCC3)C(=O)N2.Cc1cc(F)c2c(c1)OC[C@H](NC(=O)c1nc3n(n1)[C@H](C(F)(F)F)CCC3)C(=O)N2. The van der Waals surface area contributed by atoms with Gasteiger partial charge in [0.25, 0.3) is 23.6 Å². The Morgan fingerprint density at radius 2 is 1.07 bits per heavy atom. The van der Waals surface area contributed by atoms with Gasteiger partial charge < -0.3 is 30.7 Å². The zero-order valence-electron chi connectivity index (χ0n) is 31.4. The third-order valence-corrected chi connectivity index (χ3v) is 9.86. The summed E-state index contributed by atoms with van der Waals surface area (Å²) >= 11 is 0. The van der Waals surface area contributed by atoms with Gasteiger partial charge >= 0.3 is 12.4 Å². The molecule has 0 unspecified atom stereocenters. The fraction of sp³-hybridized carbons (Fsp3) is 0.444. The number of nitrogens with zero attached hydrogens (tertiary/aromatic N) is 6. The van der Waals surface area contributed by atoms with Crippen molar-refractivity contribution in [3.63, 3.8) is 0 Å². The standard InChI is InChI=1S/2C18H17F4N5O3/c2*1-8-5-9(19)14-11(6-8)30-7-10(16(28)25-14)23-17(29)15-24-13-4-2-3-12(18(20,21)22)27(13)26-15/h2*5-6,10,12H,2-4,7H2,1H3,(H,23,29)(H,25,28)/t10-,12+;10-,12-/m00/s1. The number of alkyl halides is 6. The van der Waals surface area contributed by atoms with Crippen molar-refractivity contribution in [2.24, 2.45) is 0 Å². The topological polar surface area (TPSA) is 196 Å². The van der Waals surface area contributed by atoms with E-state index >= 15 is 0 Å². The van der Waals surface area contributed by atoms with E-state index in [4.69, 9.17) is 9.47 Å². The Hall–Kier alpha value is -6.36. The normalized spacial score (nSPS) is 21.0. The quantitative estimate of drug-likeness (QED) is 0.211. The summed E-state index contributed by atoms with van der Waals surface area (Å²) < 4.78 is 120. The van der Waals surface area contributed by atoms with Gasteiger partial charge in [-0.3, -0.25) is 19.2 Å². The van der Waals surface area contributed by atoms with Crippen LogP contribution in [-0.4, -0.2) is 90.8 Å². The molecule has 0 spiro atoms. The second kappa shape index (κ2) is 16.0. The molecular weight excluding hydrogens is 820 g/mol. The molecule has 2 aromatic heterocycles. The highest BCUT2D eigenvalue weighted by molar-refractivity contribution is 6.02. The molecule has 4 aromatic rings. The van der Waals surface area contributed by atoms with E-state index in [-0.39, 0.29) is 86.3 Å². The summed E-state index contributed by atoms with van der Waals surface area (Å²) in [7, 11) is 0. The van der Waals surface area contributed by atoms with Crippen molar-refractivity contribution in [1.29, 1.82) is 0 Å². The molecule has 24 heteroatoms. The highest BCUT2D eigenvalue weighted by atomic mass is 19.4. The number of hydrogen-bond acceptors (Lipinski definition) is 10. The summed E-state index contributed by atoms with van der Waals surface area (Å²) in [6.07, 6.45) is -8.27. The maximum atomic E-state index is 14.1. The summed E-state index contributed by atoms with van der Waals surface area (Å²) in [5, 5.41) is 16.8. The van der Waals surface area contributed by atoms with Crippen molar-refractivity contribution >= 4 is 35.0 Å². The summed E-state index contributed by atoms with van der Waals surface area (Å²) in [4.78, 5) is 57.6. The molecule has 0 bridgehead atoms. The third-order valence-electron chi connectivity index (χ3n) is 9.86. The van der Waals surface area contributed by atoms with Crippen molar-refractivity contribution < 1.29 is 63.8 Å². The van der Waals surface area contributed by atoms with Crippen LogP contribution in [0.15, 0.2) is 24.3 Å². The van der Waals surface area contributed by atoms with Gasteiger partial charge in [0.1, 0.15) is 71.9 Å². The number of aromatic nitrogens is 6. The van der Waals surface area contributed by atoms with Gasteiger partial charge in [-0.1, -0.05) is 0 Å². The molecule has 0 aliphatic carbocycles. The number of ether oxygens (including phenoxy) is 2. The molecule has 0 radical (unpaired) electrons. The maximum absolute atomic E-state index is 14.1. The van der Waals surface area contributed by atoms with Crippen molar-refractivity contribution in [1.82, 2.24) is 40.2 Å². The van der Waals surface area contributed by atoms with Crippen molar-refractivity contribution in [3.8, 4) is 11.5 Å². The van der Waals surface area contributed by atoms with Gasteiger partial charge in [0, 0.05) is 12.8 Å². The van der Waals surface area contributed by atoms with Gasteiger partial charge in [0.05, 0.1) is 0 Å². The molecule has 16 nitrogen and oxygen atoms in total. The van der Waals surface area contributed by atoms with E-state index in [1.807, 2.05) is 0 Å². The number of hydrogen-bond donors (Lipinski definition) is 4. The first-order chi connectivity index (χ1) is 28.3. The van der Waals surface area contributed by atoms with Crippen LogP contribution in [0, 0.1) is 25.5 Å². The molecule has 320 valence electrons. The summed E-state index contributed by atoms with van der Waals surface area (Å²) in [6.45, 7) is 2.70. The number of carbonyl (C=O) groups excluding carboxylic acids is 4. The van der Waals surface area contributed by atoms with E-state index in [1.54, 1.807) is 13.8 Å². The van der Waals surface area contributed by atoms with Gasteiger partial charge in [-0.15, -0.1) is 10.2 Å². The highest BCUT2D eigenvalue weighted by Crippen LogP contribution is 2.39. The number of rotatable bonds is 4. The molecule has 4 aliphatic heterocycles. The monoisotopic (exact) mass is 854 g/mol. The predicted octanol–water partition coefficient (Wildman–Crippen LogP) is 4.59. The second-order valence-corrected chi connectivity index (χ2v) is 14.4. The van der Waals surface area contributed by atoms with Crippen LogP contribution in [0.1, 0.15) is 81.8 Å². The van der Waals surface area contributed by atoms with E-state index in [1.165, 1.54) is 24.3 Å². The summed E-state index contributed by atoms with van der Waals surface area (Å²) in [6, 6.07) is -0.625. The molecule has 4 N–H and O–H groups in total. The van der Waals surface area contributed by atoms with Crippen molar-refractivity contribution in [2.75, 3.05) is 23.8 Å². The Morgan fingerprint density at radius 3 is 1.43 bits per heavy atom. The van der Waals surface area contributed by atoms with Crippen LogP contribution in [0.2, 0.25) is 0 Å². The molecule has 4 atom stereocenters. The van der Waals surface area contributed by atoms with E-state index in [2.05, 4.69) is 41.4 Å². The van der Waals surface area contributed by atoms with Gasteiger partial charge in [-0.25, -0.2) is 28.1 Å². The molecular formula is C36H34F8N10O6. The molecule has 0 saturated carbocycles. The van der Waals surface area contributed by atoms with E-state index < -0.39 is 83.4 Å². The number of benzene rings is 2. The van der Waals surface area contributed by atoms with Crippen LogP contribution in [0.4, 0.5) is 46.5 Å². The van der Waals surface area contributed by atoms with Crippen LogP contribution < -0.4 is 30.7 Å². The molecule has 6 heterocycles. The Morgan fingerprint density at radius 1 is 0.683 bits per heavy atom. The lowest BCUT2D eigenvalue weighted by Crippen LogP contribution is -2.46. The first-order valence-electron chi connectivity index (χ1n) is 18.4. The number of halogens is 8. The average Bonchev–Trinajstić information content (AvgIpc) is 3.74. The average molecular weight is 855 g/mol. The summed E-state index contributed by atoms with van der Waals surface area (Å²) in [5.74, 6) is -5.31. The van der Waals surface area contributed by atoms with E-state index in [0.717, 1.165) is 9.36 Å². The predicted molar refractivity (Wildman–Crippen MR) is 189 cm³/mol. The maximum Gasteiger partial charge on any atom is 0.410 e. The fourth-order valence-corrected chi connectivity index (χ4v) is 6.97. The molecule has 8 rings (SSSR count). The second-order valence-electron chi connectivity index (χ2n) is 14.4. The Balaban J connectivity index is 0.000000181. The minimum absolute atomic E-state index is 0.0558. The van der Waals surface area contributed by atoms with Crippen molar-refractivity contribution in [3.05, 3.63) is 70.3 Å². The number of anilines is 2. The zero-order valence-corrected chi connectivity index (χ0v) is 31.4. The minimum atomic E-state index is -4.51. The molecule has 4 aliphatic rings. The minimum Gasteiger partial charge on any atom is -0.489 e. The van der Waals surface area contributed by atoms with Crippen LogP contribution >= 0.6 is 0 Å². The number of aryl methyl sites for hydroxylation is 4. The van der Waals surface area contributed by atoms with Crippen LogP contribution in [0.5, 0.6) is 11.5 Å². The van der Waals surface area contributed by atoms with E-state index in [9.17, 15) is 54.3 Å². The zero-order chi connectivity index (χ0) is 43.3. The molecule has 0 saturated heterocycles.